The third-order valence-electron chi connectivity index (χ3n) is 1.87. The highest BCUT2D eigenvalue weighted by Gasteiger charge is 2.14. The molecule has 5 nitrogen and oxygen atoms in total. The number of carboxylic acids is 1. The van der Waals surface area contributed by atoms with E-state index in [0.29, 0.717) is 18.8 Å². The van der Waals surface area contributed by atoms with Gasteiger partial charge < -0.3 is 14.6 Å². The Hall–Kier alpha value is -1.33. The Morgan fingerprint density at radius 1 is 1.64 bits per heavy atom. The third-order valence-corrected chi connectivity index (χ3v) is 1.87. The summed E-state index contributed by atoms with van der Waals surface area (Å²) in [6, 6.07) is 1.42. The number of nitrogens with zero attached hydrogens (tertiary/aromatic N) is 1. The van der Waals surface area contributed by atoms with E-state index in [0.717, 1.165) is 0 Å². The van der Waals surface area contributed by atoms with Crippen LogP contribution in [0, 0.1) is 0 Å². The normalized spacial score (nSPS) is 10.8. The Bertz CT molecular complexity index is 308. The van der Waals surface area contributed by atoms with E-state index in [1.54, 1.807) is 11.9 Å². The van der Waals surface area contributed by atoms with Crippen LogP contribution in [0.5, 0.6) is 0 Å². The van der Waals surface area contributed by atoms with Gasteiger partial charge in [0.1, 0.15) is 11.3 Å². The molecular weight excluding hydrogens is 186 g/mol. The van der Waals surface area contributed by atoms with Crippen molar-refractivity contribution in [2.75, 3.05) is 20.2 Å². The van der Waals surface area contributed by atoms with Gasteiger partial charge in [-0.25, -0.2) is 4.79 Å². The molecule has 0 aliphatic rings. The minimum Gasteiger partial charge on any atom is -0.478 e. The van der Waals surface area contributed by atoms with E-state index >= 15 is 0 Å². The zero-order valence-electron chi connectivity index (χ0n) is 7.93. The van der Waals surface area contributed by atoms with Crippen molar-refractivity contribution in [2.24, 2.45) is 0 Å². The molecule has 2 N–H and O–H groups in total. The maximum absolute atomic E-state index is 10.7. The molecule has 0 amide bonds. The SMILES string of the molecule is CN(CCO)Cc1occc1C(=O)O. The van der Waals surface area contributed by atoms with E-state index in [9.17, 15) is 4.79 Å². The first kappa shape index (κ1) is 10.7. The number of hydrogen-bond acceptors (Lipinski definition) is 4. The summed E-state index contributed by atoms with van der Waals surface area (Å²) >= 11 is 0. The zero-order valence-corrected chi connectivity index (χ0v) is 7.93. The predicted molar refractivity (Wildman–Crippen MR) is 49.1 cm³/mol. The lowest BCUT2D eigenvalue weighted by Gasteiger charge is -2.13. The first-order valence-corrected chi connectivity index (χ1v) is 4.24. The molecule has 1 aromatic heterocycles. The highest BCUT2D eigenvalue weighted by Crippen LogP contribution is 2.12. The van der Waals surface area contributed by atoms with Crippen LogP contribution in [-0.2, 0) is 6.54 Å². The largest absolute Gasteiger partial charge is 0.478 e. The fourth-order valence-corrected chi connectivity index (χ4v) is 1.15. The standard InChI is InChI=1S/C9H13NO4/c1-10(3-4-11)6-8-7(9(12)13)2-5-14-8/h2,5,11H,3-4,6H2,1H3,(H,12,13). The Morgan fingerprint density at radius 2 is 2.36 bits per heavy atom. The minimum atomic E-state index is -0.994. The van der Waals surface area contributed by atoms with Crippen molar-refractivity contribution >= 4 is 5.97 Å². The van der Waals surface area contributed by atoms with E-state index in [4.69, 9.17) is 14.6 Å². The molecule has 0 aliphatic heterocycles. The second-order valence-electron chi connectivity index (χ2n) is 3.02. The molecule has 78 valence electrons. The van der Waals surface area contributed by atoms with Gasteiger partial charge in [0.05, 0.1) is 19.4 Å². The Balaban J connectivity index is 2.66. The van der Waals surface area contributed by atoms with Crippen LogP contribution < -0.4 is 0 Å². The molecule has 0 radical (unpaired) electrons. The number of hydrogen-bond donors (Lipinski definition) is 2. The van der Waals surface area contributed by atoms with Crippen LogP contribution >= 0.6 is 0 Å². The fraction of sp³-hybridized carbons (Fsp3) is 0.444. The summed E-state index contributed by atoms with van der Waals surface area (Å²) in [5.74, 6) is -0.584. The maximum Gasteiger partial charge on any atom is 0.339 e. The molecule has 0 atom stereocenters. The fourth-order valence-electron chi connectivity index (χ4n) is 1.15. The summed E-state index contributed by atoms with van der Waals surface area (Å²) in [7, 11) is 1.78. The van der Waals surface area contributed by atoms with Crippen LogP contribution in [0.3, 0.4) is 0 Å². The van der Waals surface area contributed by atoms with Gasteiger partial charge in [-0.05, 0) is 13.1 Å². The van der Waals surface area contributed by atoms with Gasteiger partial charge in [0.2, 0.25) is 0 Å². The number of aliphatic hydroxyl groups is 1. The average molecular weight is 199 g/mol. The van der Waals surface area contributed by atoms with Crippen LogP contribution in [0.2, 0.25) is 0 Å². The quantitative estimate of drug-likeness (QED) is 0.718. The molecule has 0 aliphatic carbocycles. The molecule has 0 spiro atoms. The van der Waals surface area contributed by atoms with E-state index in [1.807, 2.05) is 0 Å². The van der Waals surface area contributed by atoms with Gasteiger partial charge >= 0.3 is 5.97 Å². The van der Waals surface area contributed by atoms with E-state index < -0.39 is 5.97 Å². The van der Waals surface area contributed by atoms with Crippen molar-refractivity contribution in [2.45, 2.75) is 6.54 Å². The molecule has 1 heterocycles. The molecule has 0 saturated heterocycles. The summed E-state index contributed by atoms with van der Waals surface area (Å²) in [6.45, 7) is 0.911. The smallest absolute Gasteiger partial charge is 0.339 e. The topological polar surface area (TPSA) is 73.9 Å². The lowest BCUT2D eigenvalue weighted by molar-refractivity contribution is 0.0693. The van der Waals surface area contributed by atoms with Crippen molar-refractivity contribution in [3.05, 3.63) is 23.7 Å². The van der Waals surface area contributed by atoms with Crippen molar-refractivity contribution in [3.8, 4) is 0 Å². The third kappa shape index (κ3) is 2.58. The number of likely N-dealkylation sites (N-methyl/N-ethyl adjacent to an activating group) is 1. The monoisotopic (exact) mass is 199 g/mol. The van der Waals surface area contributed by atoms with Crippen molar-refractivity contribution in [1.82, 2.24) is 4.90 Å². The molecule has 0 fully saturated rings. The number of aromatic carboxylic acids is 1. The van der Waals surface area contributed by atoms with Crippen molar-refractivity contribution < 1.29 is 19.4 Å². The average Bonchev–Trinajstić information content (AvgIpc) is 2.52. The molecular formula is C9H13NO4. The van der Waals surface area contributed by atoms with E-state index in [2.05, 4.69) is 0 Å². The first-order valence-electron chi connectivity index (χ1n) is 4.24. The summed E-state index contributed by atoms with van der Waals surface area (Å²) in [5.41, 5.74) is 0.176. The van der Waals surface area contributed by atoms with Crippen LogP contribution in [0.4, 0.5) is 0 Å². The van der Waals surface area contributed by atoms with Crippen LogP contribution in [0.15, 0.2) is 16.7 Å². The molecule has 0 saturated carbocycles. The number of furan rings is 1. The number of aliphatic hydroxyl groups excluding tert-OH is 1. The number of carboxylic acid groups (broad SMARTS) is 1. The minimum absolute atomic E-state index is 0.0413. The summed E-state index contributed by atoms with van der Waals surface area (Å²) in [6.07, 6.45) is 1.35. The second kappa shape index (κ2) is 4.78. The molecule has 5 heteroatoms. The maximum atomic E-state index is 10.7. The van der Waals surface area contributed by atoms with Gasteiger partial charge in [-0.15, -0.1) is 0 Å². The predicted octanol–water partition coefficient (Wildman–Crippen LogP) is 0.402. The van der Waals surface area contributed by atoms with Gasteiger partial charge in [0.25, 0.3) is 0 Å². The second-order valence-corrected chi connectivity index (χ2v) is 3.02. The van der Waals surface area contributed by atoms with Crippen molar-refractivity contribution in [1.29, 1.82) is 0 Å². The molecule has 14 heavy (non-hydrogen) atoms. The molecule has 0 bridgehead atoms. The Kier molecular flexibility index (Phi) is 3.67. The first-order chi connectivity index (χ1) is 6.65. The molecule has 1 aromatic rings. The van der Waals surface area contributed by atoms with Crippen LogP contribution in [-0.4, -0.2) is 41.3 Å². The van der Waals surface area contributed by atoms with E-state index in [-0.39, 0.29) is 12.2 Å². The molecule has 1 rings (SSSR count). The zero-order chi connectivity index (χ0) is 10.6. The lowest BCUT2D eigenvalue weighted by Crippen LogP contribution is -2.22. The Morgan fingerprint density at radius 3 is 2.93 bits per heavy atom. The summed E-state index contributed by atoms with van der Waals surface area (Å²) in [4.78, 5) is 12.5. The van der Waals surface area contributed by atoms with Crippen molar-refractivity contribution in [3.63, 3.8) is 0 Å². The highest BCUT2D eigenvalue weighted by atomic mass is 16.4. The van der Waals surface area contributed by atoms with Gasteiger partial charge in [-0.3, -0.25) is 4.90 Å². The van der Waals surface area contributed by atoms with Gasteiger partial charge in [-0.1, -0.05) is 0 Å². The number of rotatable bonds is 5. The van der Waals surface area contributed by atoms with Crippen LogP contribution in [0.25, 0.3) is 0 Å². The Labute approximate surface area is 81.6 Å². The van der Waals surface area contributed by atoms with E-state index in [1.165, 1.54) is 12.3 Å². The molecule has 0 aromatic carbocycles. The molecule has 0 unspecified atom stereocenters. The van der Waals surface area contributed by atoms with Gasteiger partial charge in [0.15, 0.2) is 0 Å². The highest BCUT2D eigenvalue weighted by molar-refractivity contribution is 5.88. The lowest BCUT2D eigenvalue weighted by atomic mass is 10.2. The van der Waals surface area contributed by atoms with Crippen LogP contribution in [0.1, 0.15) is 16.1 Å². The van der Waals surface area contributed by atoms with Gasteiger partial charge in [0, 0.05) is 6.54 Å². The summed E-state index contributed by atoms with van der Waals surface area (Å²) in [5, 5.41) is 17.4. The van der Waals surface area contributed by atoms with Gasteiger partial charge in [-0.2, -0.15) is 0 Å². The number of carbonyl (C=O) groups is 1. The summed E-state index contributed by atoms with van der Waals surface area (Å²) < 4.78 is 5.04.